The second-order valence-corrected chi connectivity index (χ2v) is 5.11. The van der Waals surface area contributed by atoms with E-state index in [1.54, 1.807) is 0 Å². The molecule has 2 heterocycles. The van der Waals surface area contributed by atoms with Crippen LogP contribution in [0.4, 0.5) is 17.6 Å². The quantitative estimate of drug-likeness (QED) is 0.808. The van der Waals surface area contributed by atoms with E-state index in [2.05, 4.69) is 10.2 Å². The average Bonchev–Trinajstić information content (AvgIpc) is 3.15. The van der Waals surface area contributed by atoms with Gasteiger partial charge >= 0.3 is 6.18 Å². The number of halogens is 4. The Bertz CT molecular complexity index is 708. The van der Waals surface area contributed by atoms with Crippen molar-refractivity contribution in [3.63, 3.8) is 0 Å². The molecule has 0 N–H and O–H groups in total. The van der Waals surface area contributed by atoms with Crippen LogP contribution in [0.5, 0.6) is 0 Å². The lowest BCUT2D eigenvalue weighted by Gasteiger charge is -2.20. The Balaban J connectivity index is 1.93. The lowest BCUT2D eigenvalue weighted by molar-refractivity contribution is -0.139. The van der Waals surface area contributed by atoms with Crippen LogP contribution in [0.25, 0.3) is 11.5 Å². The molecule has 2 aromatic rings. The fourth-order valence-electron chi connectivity index (χ4n) is 2.37. The minimum Gasteiger partial charge on any atom is -0.417 e. The van der Waals surface area contributed by atoms with E-state index in [4.69, 9.17) is 13.9 Å². The van der Waals surface area contributed by atoms with Crippen molar-refractivity contribution in [2.45, 2.75) is 18.2 Å². The van der Waals surface area contributed by atoms with E-state index in [0.29, 0.717) is 25.2 Å². The van der Waals surface area contributed by atoms with E-state index in [0.717, 1.165) is 6.07 Å². The molecule has 1 saturated heterocycles. The standard InChI is InChI=1S/C14H12F4N2O3/c1-21-13(4-5-22-7-13)12-20-19-11(23-12)8-2-3-9(10(15)6-8)14(16,17)18/h2-3,6H,4-5,7H2,1H3. The number of hydrogen-bond donors (Lipinski definition) is 0. The Labute approximate surface area is 128 Å². The summed E-state index contributed by atoms with van der Waals surface area (Å²) in [6.45, 7) is 0.687. The van der Waals surface area contributed by atoms with Gasteiger partial charge in [-0.2, -0.15) is 13.2 Å². The lowest BCUT2D eigenvalue weighted by atomic mass is 10.0. The van der Waals surface area contributed by atoms with Crippen LogP contribution in [0.2, 0.25) is 0 Å². The second kappa shape index (κ2) is 5.57. The van der Waals surface area contributed by atoms with Gasteiger partial charge in [-0.3, -0.25) is 0 Å². The number of methoxy groups -OCH3 is 1. The van der Waals surface area contributed by atoms with Gasteiger partial charge in [-0.05, 0) is 18.2 Å². The summed E-state index contributed by atoms with van der Waals surface area (Å²) < 4.78 is 67.4. The highest BCUT2D eigenvalue weighted by Crippen LogP contribution is 2.36. The minimum absolute atomic E-state index is 0.0550. The number of nitrogens with zero attached hydrogens (tertiary/aromatic N) is 2. The summed E-state index contributed by atoms with van der Waals surface area (Å²) in [5.41, 5.74) is -2.17. The van der Waals surface area contributed by atoms with Gasteiger partial charge in [-0.1, -0.05) is 0 Å². The summed E-state index contributed by atoms with van der Waals surface area (Å²) in [6, 6.07) is 2.43. The Morgan fingerprint density at radius 1 is 1.26 bits per heavy atom. The van der Waals surface area contributed by atoms with Gasteiger partial charge < -0.3 is 13.9 Å². The molecule has 0 saturated carbocycles. The normalized spacial score (nSPS) is 21.8. The summed E-state index contributed by atoms with van der Waals surface area (Å²) >= 11 is 0. The van der Waals surface area contributed by atoms with Crippen LogP contribution in [-0.2, 0) is 21.3 Å². The monoisotopic (exact) mass is 332 g/mol. The molecule has 5 nitrogen and oxygen atoms in total. The predicted octanol–water partition coefficient (Wildman–Crippen LogP) is 3.16. The molecule has 124 valence electrons. The molecule has 3 rings (SSSR count). The largest absolute Gasteiger partial charge is 0.419 e. The molecule has 0 bridgehead atoms. The van der Waals surface area contributed by atoms with Crippen molar-refractivity contribution in [1.82, 2.24) is 10.2 Å². The number of hydrogen-bond acceptors (Lipinski definition) is 5. The maximum Gasteiger partial charge on any atom is 0.419 e. The fourth-order valence-corrected chi connectivity index (χ4v) is 2.37. The fraction of sp³-hybridized carbons (Fsp3) is 0.429. The molecule has 23 heavy (non-hydrogen) atoms. The molecular weight excluding hydrogens is 320 g/mol. The minimum atomic E-state index is -4.76. The van der Waals surface area contributed by atoms with Crippen LogP contribution in [-0.4, -0.2) is 30.5 Å². The summed E-state index contributed by atoms with van der Waals surface area (Å²) in [4.78, 5) is 0. The molecule has 0 radical (unpaired) electrons. The van der Waals surface area contributed by atoms with Gasteiger partial charge in [0, 0.05) is 19.1 Å². The molecule has 1 atom stereocenters. The average molecular weight is 332 g/mol. The molecule has 9 heteroatoms. The molecule has 1 aromatic heterocycles. The summed E-state index contributed by atoms with van der Waals surface area (Å²) in [6.07, 6.45) is -4.25. The molecule has 1 aliphatic rings. The van der Waals surface area contributed by atoms with Gasteiger partial charge in [-0.15, -0.1) is 10.2 Å². The highest BCUT2D eigenvalue weighted by atomic mass is 19.4. The van der Waals surface area contributed by atoms with Crippen LogP contribution < -0.4 is 0 Å². The molecule has 0 aliphatic carbocycles. The van der Waals surface area contributed by atoms with Gasteiger partial charge in [0.15, 0.2) is 5.60 Å². The molecular formula is C14H12F4N2O3. The number of aromatic nitrogens is 2. The van der Waals surface area contributed by atoms with Crippen molar-refractivity contribution in [2.24, 2.45) is 0 Å². The number of benzene rings is 1. The number of ether oxygens (including phenoxy) is 2. The van der Waals surface area contributed by atoms with Gasteiger partial charge in [0.25, 0.3) is 5.89 Å². The van der Waals surface area contributed by atoms with Gasteiger partial charge in [-0.25, -0.2) is 4.39 Å². The Kier molecular flexibility index (Phi) is 3.85. The van der Waals surface area contributed by atoms with Crippen LogP contribution in [0.15, 0.2) is 22.6 Å². The zero-order valence-electron chi connectivity index (χ0n) is 12.0. The van der Waals surface area contributed by atoms with Crippen molar-refractivity contribution >= 4 is 0 Å². The maximum atomic E-state index is 13.6. The van der Waals surface area contributed by atoms with Gasteiger partial charge in [0.2, 0.25) is 5.89 Å². The lowest BCUT2D eigenvalue weighted by Crippen LogP contribution is -2.29. The van der Waals surface area contributed by atoms with Crippen molar-refractivity contribution in [3.05, 3.63) is 35.5 Å². The first-order chi connectivity index (χ1) is 10.9. The van der Waals surface area contributed by atoms with Crippen molar-refractivity contribution in [1.29, 1.82) is 0 Å². The zero-order chi connectivity index (χ0) is 16.7. The summed E-state index contributed by atoms with van der Waals surface area (Å²) in [7, 11) is 1.47. The Morgan fingerprint density at radius 3 is 2.61 bits per heavy atom. The zero-order valence-corrected chi connectivity index (χ0v) is 12.0. The van der Waals surface area contributed by atoms with E-state index in [9.17, 15) is 17.6 Å². The third-order valence-corrected chi connectivity index (χ3v) is 3.71. The first-order valence-corrected chi connectivity index (χ1v) is 6.70. The summed E-state index contributed by atoms with van der Waals surface area (Å²) in [5, 5.41) is 7.61. The van der Waals surface area contributed by atoms with E-state index < -0.39 is 23.2 Å². The highest BCUT2D eigenvalue weighted by Gasteiger charge is 2.42. The SMILES string of the molecule is COC1(c2nnc(-c3ccc(C(F)(F)F)c(F)c3)o2)CCOC1. The molecule has 0 amide bonds. The molecule has 1 aliphatic heterocycles. The van der Waals surface area contributed by atoms with E-state index in [1.807, 2.05) is 0 Å². The number of alkyl halides is 3. The van der Waals surface area contributed by atoms with Crippen molar-refractivity contribution < 1.29 is 31.5 Å². The Hall–Kier alpha value is -2.00. The highest BCUT2D eigenvalue weighted by molar-refractivity contribution is 5.53. The smallest absolute Gasteiger partial charge is 0.417 e. The van der Waals surface area contributed by atoms with Crippen LogP contribution in [0.3, 0.4) is 0 Å². The Morgan fingerprint density at radius 2 is 2.04 bits per heavy atom. The number of rotatable bonds is 3. The molecule has 1 aromatic carbocycles. The molecule has 0 spiro atoms. The molecule has 1 fully saturated rings. The molecule has 1 unspecified atom stereocenters. The van der Waals surface area contributed by atoms with Crippen LogP contribution in [0.1, 0.15) is 17.9 Å². The van der Waals surface area contributed by atoms with E-state index >= 15 is 0 Å². The third-order valence-electron chi connectivity index (χ3n) is 3.71. The van der Waals surface area contributed by atoms with Crippen LogP contribution >= 0.6 is 0 Å². The first kappa shape index (κ1) is 15.9. The van der Waals surface area contributed by atoms with Crippen LogP contribution in [0, 0.1) is 5.82 Å². The van der Waals surface area contributed by atoms with Crippen molar-refractivity contribution in [3.8, 4) is 11.5 Å². The second-order valence-electron chi connectivity index (χ2n) is 5.11. The first-order valence-electron chi connectivity index (χ1n) is 6.70. The van der Waals surface area contributed by atoms with E-state index in [-0.39, 0.29) is 24.0 Å². The van der Waals surface area contributed by atoms with Crippen molar-refractivity contribution in [2.75, 3.05) is 20.3 Å². The maximum absolute atomic E-state index is 13.6. The predicted molar refractivity (Wildman–Crippen MR) is 68.8 cm³/mol. The topological polar surface area (TPSA) is 57.4 Å². The summed E-state index contributed by atoms with van der Waals surface area (Å²) in [5.74, 6) is -1.34. The van der Waals surface area contributed by atoms with Gasteiger partial charge in [0.05, 0.1) is 18.8 Å². The van der Waals surface area contributed by atoms with E-state index in [1.165, 1.54) is 7.11 Å². The van der Waals surface area contributed by atoms with Gasteiger partial charge in [0.1, 0.15) is 5.82 Å². The third kappa shape index (κ3) is 2.81.